The van der Waals surface area contributed by atoms with Crippen LogP contribution in [0.1, 0.15) is 19.3 Å². The van der Waals surface area contributed by atoms with Gasteiger partial charge in [0.15, 0.2) is 5.65 Å². The maximum absolute atomic E-state index is 5.90. The van der Waals surface area contributed by atoms with Gasteiger partial charge in [-0.25, -0.2) is 15.4 Å². The van der Waals surface area contributed by atoms with Gasteiger partial charge in [-0.3, -0.25) is 10.4 Å². The van der Waals surface area contributed by atoms with Gasteiger partial charge in [-0.2, -0.15) is 0 Å². The second kappa shape index (κ2) is 5.75. The Kier molecular flexibility index (Phi) is 3.61. The van der Waals surface area contributed by atoms with Gasteiger partial charge in [-0.1, -0.05) is 0 Å². The van der Waals surface area contributed by atoms with Crippen LogP contribution in [-0.2, 0) is 0 Å². The minimum Gasteiger partial charge on any atom is -0.357 e. The number of pyridine rings is 1. The summed E-state index contributed by atoms with van der Waals surface area (Å²) in [6.07, 6.45) is 6.80. The van der Waals surface area contributed by atoms with Crippen molar-refractivity contribution in [1.29, 1.82) is 0 Å². The lowest BCUT2D eigenvalue weighted by Crippen LogP contribution is -2.43. The zero-order chi connectivity index (χ0) is 14.9. The Balaban J connectivity index is 1.44. The Labute approximate surface area is 129 Å². The Hall–Kier alpha value is -1.83. The van der Waals surface area contributed by atoms with Gasteiger partial charge in [0.1, 0.15) is 11.3 Å². The summed E-state index contributed by atoms with van der Waals surface area (Å²) in [4.78, 5) is 15.5. The lowest BCUT2D eigenvalue weighted by molar-refractivity contribution is 0.310. The number of hydrazine groups is 1. The molecular weight excluding hydrogens is 278 g/mol. The molecule has 2 atom stereocenters. The lowest BCUT2D eigenvalue weighted by atomic mass is 9.88. The van der Waals surface area contributed by atoms with Gasteiger partial charge >= 0.3 is 0 Å². The molecule has 2 fully saturated rings. The highest BCUT2D eigenvalue weighted by Gasteiger charge is 2.31. The zero-order valence-corrected chi connectivity index (χ0v) is 12.4. The van der Waals surface area contributed by atoms with Crippen molar-refractivity contribution >= 4 is 17.0 Å². The summed E-state index contributed by atoms with van der Waals surface area (Å²) in [5, 5.41) is 0. The van der Waals surface area contributed by atoms with Gasteiger partial charge < -0.3 is 10.6 Å². The third-order valence-electron chi connectivity index (χ3n) is 4.71. The summed E-state index contributed by atoms with van der Waals surface area (Å²) in [6, 6.07) is 4.54. The molecule has 2 unspecified atom stereocenters. The Morgan fingerprint density at radius 1 is 1.09 bits per heavy atom. The minimum absolute atomic E-state index is 0.0868. The summed E-state index contributed by atoms with van der Waals surface area (Å²) in [5.74, 6) is 1.68. The number of aromatic nitrogens is 3. The molecule has 0 spiro atoms. The third kappa shape index (κ3) is 2.63. The van der Waals surface area contributed by atoms with Crippen LogP contribution >= 0.6 is 0 Å². The molecule has 116 valence electrons. The van der Waals surface area contributed by atoms with E-state index in [1.54, 1.807) is 12.4 Å². The van der Waals surface area contributed by atoms with Gasteiger partial charge in [0.05, 0.1) is 6.17 Å². The number of nitrogens with zero attached hydrogens (tertiary/aromatic N) is 4. The molecule has 2 aliphatic rings. The van der Waals surface area contributed by atoms with E-state index in [1.807, 2.05) is 12.1 Å². The molecule has 0 saturated carbocycles. The average molecular weight is 299 g/mol. The fourth-order valence-electron chi connectivity index (χ4n) is 3.47. The van der Waals surface area contributed by atoms with Gasteiger partial charge in [0.25, 0.3) is 0 Å². The SMILES string of the molecule is NC1CC(C2CCN(c3ccc4nccnc4n3)CC2)NN1. The van der Waals surface area contributed by atoms with Crippen LogP contribution in [0.2, 0.25) is 0 Å². The molecule has 0 amide bonds. The van der Waals surface area contributed by atoms with Crippen LogP contribution in [0.5, 0.6) is 0 Å². The van der Waals surface area contributed by atoms with E-state index in [2.05, 4.69) is 30.7 Å². The largest absolute Gasteiger partial charge is 0.357 e. The van der Waals surface area contributed by atoms with Crippen LogP contribution in [0.25, 0.3) is 11.2 Å². The molecule has 4 rings (SSSR count). The molecule has 7 nitrogen and oxygen atoms in total. The van der Waals surface area contributed by atoms with Crippen LogP contribution in [0.15, 0.2) is 24.5 Å². The van der Waals surface area contributed by atoms with E-state index in [0.717, 1.165) is 49.3 Å². The Bertz CT molecular complexity index is 653. The number of rotatable bonds is 2. The van der Waals surface area contributed by atoms with Gasteiger partial charge in [0, 0.05) is 31.5 Å². The number of anilines is 1. The highest BCUT2D eigenvalue weighted by atomic mass is 15.4. The van der Waals surface area contributed by atoms with E-state index in [4.69, 9.17) is 5.73 Å². The molecule has 2 aromatic rings. The maximum atomic E-state index is 5.90. The summed E-state index contributed by atoms with van der Waals surface area (Å²) in [6.45, 7) is 2.05. The first-order valence-electron chi connectivity index (χ1n) is 7.89. The molecule has 0 radical (unpaired) electrons. The zero-order valence-electron chi connectivity index (χ0n) is 12.4. The van der Waals surface area contributed by atoms with Crippen molar-refractivity contribution in [1.82, 2.24) is 25.8 Å². The van der Waals surface area contributed by atoms with E-state index < -0.39 is 0 Å². The van der Waals surface area contributed by atoms with Gasteiger partial charge in [0.2, 0.25) is 0 Å². The van der Waals surface area contributed by atoms with Crippen LogP contribution in [0.3, 0.4) is 0 Å². The first-order valence-corrected chi connectivity index (χ1v) is 7.89. The average Bonchev–Trinajstić information content (AvgIpc) is 3.01. The quantitative estimate of drug-likeness (QED) is 0.739. The predicted octanol–water partition coefficient (Wildman–Crippen LogP) is 0.392. The van der Waals surface area contributed by atoms with E-state index in [0.29, 0.717) is 12.0 Å². The first kappa shape index (κ1) is 13.8. The molecule has 0 aliphatic carbocycles. The smallest absolute Gasteiger partial charge is 0.180 e. The van der Waals surface area contributed by atoms with E-state index >= 15 is 0 Å². The van der Waals surface area contributed by atoms with Crippen molar-refractivity contribution in [2.75, 3.05) is 18.0 Å². The topological polar surface area (TPSA) is 92.0 Å². The minimum atomic E-state index is 0.0868. The fraction of sp³-hybridized carbons (Fsp3) is 0.533. The second-order valence-electron chi connectivity index (χ2n) is 6.13. The fourth-order valence-corrected chi connectivity index (χ4v) is 3.47. The molecule has 0 aromatic carbocycles. The van der Waals surface area contributed by atoms with Crippen LogP contribution in [0.4, 0.5) is 5.82 Å². The summed E-state index contributed by atoms with van der Waals surface area (Å²) in [7, 11) is 0. The monoisotopic (exact) mass is 299 g/mol. The Morgan fingerprint density at radius 3 is 2.68 bits per heavy atom. The number of piperidine rings is 1. The highest BCUT2D eigenvalue weighted by molar-refractivity contribution is 5.71. The van der Waals surface area contributed by atoms with Crippen molar-refractivity contribution < 1.29 is 0 Å². The Morgan fingerprint density at radius 2 is 1.91 bits per heavy atom. The van der Waals surface area contributed by atoms with Crippen molar-refractivity contribution in [2.24, 2.45) is 11.7 Å². The summed E-state index contributed by atoms with van der Waals surface area (Å²) >= 11 is 0. The van der Waals surface area contributed by atoms with E-state index in [1.165, 1.54) is 0 Å². The molecule has 22 heavy (non-hydrogen) atoms. The number of nitrogens with two attached hydrogens (primary N) is 1. The van der Waals surface area contributed by atoms with E-state index in [9.17, 15) is 0 Å². The van der Waals surface area contributed by atoms with Crippen molar-refractivity contribution in [3.63, 3.8) is 0 Å². The number of hydrogen-bond donors (Lipinski definition) is 3. The van der Waals surface area contributed by atoms with Crippen molar-refractivity contribution in [3.8, 4) is 0 Å². The lowest BCUT2D eigenvalue weighted by Gasteiger charge is -2.35. The third-order valence-corrected chi connectivity index (χ3v) is 4.71. The molecule has 4 heterocycles. The summed E-state index contributed by atoms with van der Waals surface area (Å²) in [5.41, 5.74) is 13.9. The van der Waals surface area contributed by atoms with Crippen LogP contribution in [-0.4, -0.2) is 40.2 Å². The van der Waals surface area contributed by atoms with Crippen LogP contribution < -0.4 is 21.5 Å². The second-order valence-corrected chi connectivity index (χ2v) is 6.13. The first-order chi connectivity index (χ1) is 10.8. The molecule has 2 aromatic heterocycles. The molecule has 2 saturated heterocycles. The molecule has 7 heteroatoms. The predicted molar refractivity (Wildman–Crippen MR) is 84.9 cm³/mol. The van der Waals surface area contributed by atoms with Crippen molar-refractivity contribution in [2.45, 2.75) is 31.5 Å². The normalized spacial score (nSPS) is 26.7. The molecule has 0 bridgehead atoms. The van der Waals surface area contributed by atoms with Gasteiger partial charge in [-0.15, -0.1) is 0 Å². The molecular formula is C15H21N7. The number of fused-ring (bicyclic) bond motifs is 1. The van der Waals surface area contributed by atoms with Crippen molar-refractivity contribution in [3.05, 3.63) is 24.5 Å². The maximum Gasteiger partial charge on any atom is 0.180 e. The number of nitrogens with one attached hydrogen (secondary N) is 2. The standard InChI is InChI=1S/C15H21N7/c16-13-9-12(20-21-13)10-3-7-22(8-4-10)14-2-1-11-15(19-14)18-6-5-17-11/h1-2,5-6,10,12-13,20-21H,3-4,7-9,16H2. The van der Waals surface area contributed by atoms with Crippen LogP contribution in [0, 0.1) is 5.92 Å². The highest BCUT2D eigenvalue weighted by Crippen LogP contribution is 2.27. The summed E-state index contributed by atoms with van der Waals surface area (Å²) < 4.78 is 0. The van der Waals surface area contributed by atoms with Gasteiger partial charge in [-0.05, 0) is 37.3 Å². The molecule has 4 N–H and O–H groups in total. The van der Waals surface area contributed by atoms with E-state index in [-0.39, 0.29) is 6.17 Å². The number of hydrogen-bond acceptors (Lipinski definition) is 7. The molecule has 2 aliphatic heterocycles.